The topological polar surface area (TPSA) is 224 Å². The minimum absolute atomic E-state index is 0.0494. The summed E-state index contributed by atoms with van der Waals surface area (Å²) in [4.78, 5) is 33.2. The van der Waals surface area contributed by atoms with E-state index in [1.54, 1.807) is 26.0 Å². The Kier molecular flexibility index (Phi) is 14.1. The number of fused-ring (bicyclic) bond motifs is 2. The summed E-state index contributed by atoms with van der Waals surface area (Å²) in [5.41, 5.74) is 3.41. The zero-order chi connectivity index (χ0) is 40.8. The van der Waals surface area contributed by atoms with Crippen LogP contribution in [0.4, 0.5) is 28.9 Å². The van der Waals surface area contributed by atoms with Crippen LogP contribution in [-0.2, 0) is 19.1 Å². The van der Waals surface area contributed by atoms with Crippen molar-refractivity contribution >= 4 is 107 Å². The lowest BCUT2D eigenvalue weighted by atomic mass is 10.0. The van der Waals surface area contributed by atoms with Gasteiger partial charge in [0.1, 0.15) is 34.4 Å². The second kappa shape index (κ2) is 18.0. The molecule has 0 atom stereocenters. The molecule has 0 spiro atoms. The molecular formula is C32H27Br2ClF4N8O6S2. The van der Waals surface area contributed by atoms with Gasteiger partial charge in [-0.2, -0.15) is 10.2 Å². The average molecular weight is 955 g/mol. The number of anilines is 2. The number of sulfonamides is 1. The molecule has 0 bridgehead atoms. The number of aromatic amines is 2. The highest BCUT2D eigenvalue weighted by Gasteiger charge is 2.26. The maximum Gasteiger partial charge on any atom is 0.232 e. The highest BCUT2D eigenvalue weighted by atomic mass is 79.9. The van der Waals surface area contributed by atoms with E-state index < -0.39 is 70.8 Å². The summed E-state index contributed by atoms with van der Waals surface area (Å²) in [6, 6.07) is 6.96. The first-order chi connectivity index (χ1) is 25.8. The summed E-state index contributed by atoms with van der Waals surface area (Å²) in [6.45, 7) is 3.38. The van der Waals surface area contributed by atoms with Gasteiger partial charge >= 0.3 is 0 Å². The molecule has 5 N–H and O–H groups in total. The first-order valence-electron chi connectivity index (χ1n) is 15.5. The van der Waals surface area contributed by atoms with Gasteiger partial charge in [0.15, 0.2) is 22.9 Å². The molecule has 6 aromatic rings. The maximum absolute atomic E-state index is 14.8. The number of nitrogen functional groups attached to an aromatic ring is 1. The van der Waals surface area contributed by atoms with Crippen molar-refractivity contribution in [1.82, 2.24) is 30.4 Å². The number of nitrogens with one attached hydrogen (secondary N) is 3. The summed E-state index contributed by atoms with van der Waals surface area (Å²) >= 11 is 6.46. The monoisotopic (exact) mass is 952 g/mol. The molecule has 0 amide bonds. The number of benzene rings is 2. The number of ketones is 2. The van der Waals surface area contributed by atoms with Crippen molar-refractivity contribution in [3.8, 4) is 0 Å². The fraction of sp³-hybridized carbons (Fsp3) is 0.188. The lowest BCUT2D eigenvalue weighted by Gasteiger charge is -2.11. The van der Waals surface area contributed by atoms with Crippen molar-refractivity contribution in [3.63, 3.8) is 0 Å². The van der Waals surface area contributed by atoms with E-state index in [1.807, 2.05) is 4.72 Å². The molecule has 4 heterocycles. The molecule has 14 nitrogen and oxygen atoms in total. The fourth-order valence-electron chi connectivity index (χ4n) is 4.65. The van der Waals surface area contributed by atoms with Crippen LogP contribution in [0.15, 0.2) is 57.7 Å². The molecule has 2 aromatic carbocycles. The zero-order valence-corrected chi connectivity index (χ0v) is 33.8. The number of nitrogens with two attached hydrogens (primary N) is 1. The molecule has 55 heavy (non-hydrogen) atoms. The van der Waals surface area contributed by atoms with Crippen LogP contribution in [0.3, 0.4) is 0 Å². The zero-order valence-electron chi connectivity index (χ0n) is 28.2. The van der Waals surface area contributed by atoms with Crippen molar-refractivity contribution in [3.05, 3.63) is 104 Å². The van der Waals surface area contributed by atoms with Gasteiger partial charge in [-0.15, -0.1) is 0 Å². The maximum atomic E-state index is 14.8. The molecule has 0 saturated carbocycles. The van der Waals surface area contributed by atoms with Crippen molar-refractivity contribution in [1.29, 1.82) is 0 Å². The number of carbonyl (C=O) groups excluding carboxylic acids is 2. The van der Waals surface area contributed by atoms with Crippen molar-refractivity contribution in [2.45, 2.75) is 26.7 Å². The summed E-state index contributed by atoms with van der Waals surface area (Å²) in [5, 5.41) is 13.5. The Balaban J connectivity index is 0.000000213. The molecule has 4 aromatic heterocycles. The smallest absolute Gasteiger partial charge is 0.232 e. The molecule has 0 saturated heterocycles. The normalized spacial score (nSPS) is 11.4. The highest BCUT2D eigenvalue weighted by molar-refractivity contribution is 9.10. The van der Waals surface area contributed by atoms with E-state index >= 15 is 0 Å². The van der Waals surface area contributed by atoms with E-state index in [9.17, 15) is 44.0 Å². The Bertz CT molecular complexity index is 2650. The van der Waals surface area contributed by atoms with Gasteiger partial charge in [0.2, 0.25) is 30.6 Å². The van der Waals surface area contributed by atoms with Gasteiger partial charge in [-0.25, -0.2) is 44.4 Å². The molecule has 23 heteroatoms. The first-order valence-corrected chi connectivity index (χ1v) is 21.2. The third kappa shape index (κ3) is 10.6. The van der Waals surface area contributed by atoms with Crippen LogP contribution in [-0.4, -0.2) is 70.3 Å². The number of hydrogen-bond acceptors (Lipinski definition) is 11. The highest BCUT2D eigenvalue weighted by Crippen LogP contribution is 2.28. The van der Waals surface area contributed by atoms with Crippen LogP contribution in [0.5, 0.6) is 0 Å². The summed E-state index contributed by atoms with van der Waals surface area (Å²) in [7, 11) is -2.34. The van der Waals surface area contributed by atoms with E-state index in [0.29, 0.717) is 31.8 Å². The lowest BCUT2D eigenvalue weighted by Crippen LogP contribution is -2.19. The molecule has 0 unspecified atom stereocenters. The number of rotatable bonds is 10. The Morgan fingerprint density at radius 3 is 1.65 bits per heavy atom. The van der Waals surface area contributed by atoms with Gasteiger partial charge in [0.25, 0.3) is 0 Å². The quantitative estimate of drug-likeness (QED) is 0.0467. The third-order valence-electron chi connectivity index (χ3n) is 7.09. The van der Waals surface area contributed by atoms with Gasteiger partial charge in [-0.3, -0.25) is 24.5 Å². The molecule has 292 valence electrons. The average Bonchev–Trinajstić information content (AvgIpc) is 3.72. The second-order valence-corrected chi connectivity index (χ2v) is 17.7. The number of pyridine rings is 2. The fourth-order valence-corrected chi connectivity index (χ4v) is 7.40. The minimum Gasteiger partial charge on any atom is -0.394 e. The Morgan fingerprint density at radius 2 is 1.22 bits per heavy atom. The van der Waals surface area contributed by atoms with Crippen molar-refractivity contribution < 1.29 is 44.0 Å². The Morgan fingerprint density at radius 1 is 0.764 bits per heavy atom. The van der Waals surface area contributed by atoms with Crippen LogP contribution in [0.25, 0.3) is 22.1 Å². The van der Waals surface area contributed by atoms with Gasteiger partial charge in [0, 0.05) is 32.0 Å². The van der Waals surface area contributed by atoms with Crippen molar-refractivity contribution in [2.24, 2.45) is 0 Å². The third-order valence-corrected chi connectivity index (χ3v) is 10.8. The van der Waals surface area contributed by atoms with Crippen LogP contribution in [0.2, 0.25) is 0 Å². The van der Waals surface area contributed by atoms with Crippen LogP contribution in [0.1, 0.15) is 58.8 Å². The number of hydrogen-bond donors (Lipinski definition) is 4. The van der Waals surface area contributed by atoms with Gasteiger partial charge < -0.3 is 5.73 Å². The van der Waals surface area contributed by atoms with Crippen LogP contribution in [0, 0.1) is 23.3 Å². The van der Waals surface area contributed by atoms with E-state index in [-0.39, 0.29) is 40.5 Å². The van der Waals surface area contributed by atoms with Crippen LogP contribution >= 0.6 is 42.5 Å². The summed E-state index contributed by atoms with van der Waals surface area (Å²) in [6.07, 6.45) is 3.86. The molecule has 0 fully saturated rings. The molecule has 6 rings (SSSR count). The number of nitrogens with zero attached hydrogens (tertiary/aromatic N) is 4. The lowest BCUT2D eigenvalue weighted by molar-refractivity contribution is 0.102. The standard InChI is InChI=1S/C16H13BrF2N4O3S.C13H7BrF2N4O.C3H7ClO2S/c1-2-5-27(25,26)23-14-11(18)4-3-9(12(14)19)15(24)13-10-6-8(17)7-20-16(10)22-21-13;14-5-3-7-11(19-20-13(7)18-4-5)12(21)6-1-2-8(15)10(17)9(6)16;1-2-3-7(4,5)6/h3-4,6-7,23H,2,5H2,1H3,(H,20,21,22);1-4H,17H2,(H,18,19,20);2-3H2,1H3. The first kappa shape index (κ1) is 43.2. The minimum atomic E-state index is -3.94. The molecular weight excluding hydrogens is 928 g/mol. The number of H-pyrrole nitrogens is 2. The van der Waals surface area contributed by atoms with Gasteiger partial charge in [0.05, 0.1) is 33.4 Å². The molecule has 0 aliphatic carbocycles. The predicted octanol–water partition coefficient (Wildman–Crippen LogP) is 7.16. The number of halogens is 7. The van der Waals surface area contributed by atoms with E-state index in [4.69, 9.17) is 16.4 Å². The summed E-state index contributed by atoms with van der Waals surface area (Å²) < 4.78 is 103. The molecule has 0 radical (unpaired) electrons. The second-order valence-electron chi connectivity index (χ2n) is 11.2. The molecule has 0 aliphatic heterocycles. The summed E-state index contributed by atoms with van der Waals surface area (Å²) in [5.74, 6) is -6.15. The van der Waals surface area contributed by atoms with E-state index in [1.165, 1.54) is 12.4 Å². The van der Waals surface area contributed by atoms with Gasteiger partial charge in [-0.1, -0.05) is 13.8 Å². The Hall–Kier alpha value is -4.51. The van der Waals surface area contributed by atoms with Gasteiger partial charge in [-0.05, 0) is 81.1 Å². The Labute approximate surface area is 331 Å². The predicted molar refractivity (Wildman–Crippen MR) is 205 cm³/mol. The van der Waals surface area contributed by atoms with E-state index in [0.717, 1.165) is 24.3 Å². The molecule has 0 aliphatic rings. The number of aromatic nitrogens is 6. The SMILES string of the molecule is CCCS(=O)(=O)Cl.CCCS(=O)(=O)Nc1c(F)ccc(C(=O)c2[nH]nc3ncc(Br)cc23)c1F.Nc1c(F)ccc(C(=O)c2[nH]nc3ncc(Br)cc23)c1F. The van der Waals surface area contributed by atoms with E-state index in [2.05, 4.69) is 62.2 Å². The van der Waals surface area contributed by atoms with Crippen molar-refractivity contribution in [2.75, 3.05) is 22.0 Å². The largest absolute Gasteiger partial charge is 0.394 e. The van der Waals surface area contributed by atoms with Crippen LogP contribution < -0.4 is 10.5 Å². The number of carbonyl (C=O) groups is 2.